The Morgan fingerprint density at radius 1 is 1.14 bits per heavy atom. The molecule has 0 aliphatic rings. The number of hydrogen-bond donors (Lipinski definition) is 1. The molecule has 6 nitrogen and oxygen atoms in total. The summed E-state index contributed by atoms with van der Waals surface area (Å²) in [5.41, 5.74) is 1.45. The molecular weight excluding hydrogens is 284 g/mol. The number of carbonyl (C=O) groups is 1. The molecule has 0 fully saturated rings. The maximum atomic E-state index is 11.7. The summed E-state index contributed by atoms with van der Waals surface area (Å²) in [5.74, 6) is -1.12. The number of non-ortho nitro benzene ring substituents is 1. The van der Waals surface area contributed by atoms with Crippen LogP contribution in [0.25, 0.3) is 22.0 Å². The Morgan fingerprint density at radius 3 is 2.41 bits per heavy atom. The molecule has 0 amide bonds. The van der Waals surface area contributed by atoms with Crippen molar-refractivity contribution in [3.8, 4) is 11.1 Å². The van der Waals surface area contributed by atoms with Gasteiger partial charge in [0.15, 0.2) is 0 Å². The Bertz CT molecular complexity index is 897. The molecule has 0 aliphatic heterocycles. The average molecular weight is 296 g/mol. The molecule has 1 aromatic heterocycles. The molecule has 0 spiro atoms. The highest BCUT2D eigenvalue weighted by atomic mass is 16.6. The number of para-hydroxylation sites is 1. The van der Waals surface area contributed by atoms with E-state index in [0.29, 0.717) is 22.0 Å². The van der Waals surface area contributed by atoms with E-state index in [0.717, 1.165) is 0 Å². The zero-order valence-electron chi connectivity index (χ0n) is 11.7. The molecule has 110 valence electrons. The Balaban J connectivity index is 2.51. The fraction of sp³-hybridized carbons (Fsp3) is 0.0625. The topological polar surface area (TPSA) is 85.4 Å². The molecule has 0 unspecified atom stereocenters. The lowest BCUT2D eigenvalue weighted by Gasteiger charge is -2.03. The van der Waals surface area contributed by atoms with Crippen LogP contribution in [-0.4, -0.2) is 20.6 Å². The van der Waals surface area contributed by atoms with Gasteiger partial charge < -0.3 is 9.67 Å². The van der Waals surface area contributed by atoms with Gasteiger partial charge >= 0.3 is 5.97 Å². The minimum absolute atomic E-state index is 0.0375. The molecule has 1 heterocycles. The number of nitro groups is 1. The standard InChI is InChI=1S/C16H12N2O4/c1-17-14-11(8-5-9-12(14)18(21)22)13(15(17)16(19)20)10-6-3-2-4-7-10/h2-9H,1H3,(H,19,20). The fourth-order valence-electron chi connectivity index (χ4n) is 2.79. The van der Waals surface area contributed by atoms with Crippen LogP contribution in [0.1, 0.15) is 10.5 Å². The van der Waals surface area contributed by atoms with Crippen molar-refractivity contribution in [3.63, 3.8) is 0 Å². The zero-order chi connectivity index (χ0) is 15.9. The summed E-state index contributed by atoms with van der Waals surface area (Å²) >= 11 is 0. The highest BCUT2D eigenvalue weighted by Gasteiger charge is 2.26. The summed E-state index contributed by atoms with van der Waals surface area (Å²) in [6.45, 7) is 0. The molecule has 3 rings (SSSR count). The Hall–Kier alpha value is -3.15. The zero-order valence-corrected chi connectivity index (χ0v) is 11.7. The number of fused-ring (bicyclic) bond motifs is 1. The first-order valence-electron chi connectivity index (χ1n) is 6.57. The lowest BCUT2D eigenvalue weighted by Crippen LogP contribution is -2.06. The molecule has 0 bridgehead atoms. The molecule has 3 aromatic rings. The van der Waals surface area contributed by atoms with Crippen molar-refractivity contribution < 1.29 is 14.8 Å². The molecule has 0 saturated carbocycles. The molecule has 22 heavy (non-hydrogen) atoms. The van der Waals surface area contributed by atoms with Gasteiger partial charge in [-0.25, -0.2) is 4.79 Å². The van der Waals surface area contributed by atoms with Gasteiger partial charge in [0.05, 0.1) is 4.92 Å². The number of nitro benzene ring substituents is 1. The van der Waals surface area contributed by atoms with Crippen molar-refractivity contribution in [1.82, 2.24) is 4.57 Å². The van der Waals surface area contributed by atoms with E-state index in [1.54, 1.807) is 36.4 Å². The molecule has 6 heteroatoms. The Labute approximate surface area is 125 Å². The Kier molecular flexibility index (Phi) is 3.14. The van der Waals surface area contributed by atoms with Crippen LogP contribution in [-0.2, 0) is 7.05 Å². The summed E-state index contributed by atoms with van der Waals surface area (Å²) in [7, 11) is 1.53. The van der Waals surface area contributed by atoms with Crippen LogP contribution < -0.4 is 0 Å². The van der Waals surface area contributed by atoms with Crippen molar-refractivity contribution in [2.24, 2.45) is 7.05 Å². The first-order chi connectivity index (χ1) is 10.5. The summed E-state index contributed by atoms with van der Waals surface area (Å²) in [4.78, 5) is 22.4. The van der Waals surface area contributed by atoms with Gasteiger partial charge in [-0.3, -0.25) is 10.1 Å². The number of carboxylic acid groups (broad SMARTS) is 1. The molecular formula is C16H12N2O4. The quantitative estimate of drug-likeness (QED) is 0.592. The van der Waals surface area contributed by atoms with Crippen LogP contribution in [0.5, 0.6) is 0 Å². The first kappa shape index (κ1) is 13.8. The summed E-state index contributed by atoms with van der Waals surface area (Å²) in [5, 5.41) is 21.3. The summed E-state index contributed by atoms with van der Waals surface area (Å²) in [6, 6.07) is 13.7. The summed E-state index contributed by atoms with van der Waals surface area (Å²) in [6.07, 6.45) is 0. The number of aromatic carboxylic acids is 1. The second-order valence-corrected chi connectivity index (χ2v) is 4.88. The second kappa shape index (κ2) is 5.00. The van der Waals surface area contributed by atoms with E-state index in [4.69, 9.17) is 0 Å². The van der Waals surface area contributed by atoms with Gasteiger partial charge in [-0.2, -0.15) is 0 Å². The van der Waals surface area contributed by atoms with E-state index in [-0.39, 0.29) is 11.4 Å². The molecule has 0 radical (unpaired) electrons. The van der Waals surface area contributed by atoms with Crippen LogP contribution in [0, 0.1) is 10.1 Å². The van der Waals surface area contributed by atoms with Gasteiger partial charge in [-0.1, -0.05) is 42.5 Å². The predicted molar refractivity (Wildman–Crippen MR) is 82.0 cm³/mol. The average Bonchev–Trinajstić information content (AvgIpc) is 2.81. The van der Waals surface area contributed by atoms with Gasteiger partial charge in [0.1, 0.15) is 11.2 Å². The second-order valence-electron chi connectivity index (χ2n) is 4.88. The number of aromatic nitrogens is 1. The van der Waals surface area contributed by atoms with Gasteiger partial charge in [0, 0.05) is 24.1 Å². The van der Waals surface area contributed by atoms with Crippen molar-refractivity contribution in [2.75, 3.05) is 0 Å². The monoisotopic (exact) mass is 296 g/mol. The van der Waals surface area contributed by atoms with Crippen molar-refractivity contribution >= 4 is 22.6 Å². The number of hydrogen-bond acceptors (Lipinski definition) is 3. The van der Waals surface area contributed by atoms with E-state index < -0.39 is 10.9 Å². The molecule has 0 aliphatic carbocycles. The van der Waals surface area contributed by atoms with Gasteiger partial charge in [-0.15, -0.1) is 0 Å². The van der Waals surface area contributed by atoms with E-state index in [1.807, 2.05) is 6.07 Å². The minimum atomic E-state index is -1.12. The fourth-order valence-corrected chi connectivity index (χ4v) is 2.79. The highest BCUT2D eigenvalue weighted by molar-refractivity contribution is 6.10. The normalized spacial score (nSPS) is 10.8. The number of carboxylic acids is 1. The molecule has 1 N–H and O–H groups in total. The van der Waals surface area contributed by atoms with Crippen molar-refractivity contribution in [1.29, 1.82) is 0 Å². The smallest absolute Gasteiger partial charge is 0.353 e. The van der Waals surface area contributed by atoms with Crippen LogP contribution in [0.15, 0.2) is 48.5 Å². The first-order valence-corrected chi connectivity index (χ1v) is 6.57. The lowest BCUT2D eigenvalue weighted by atomic mass is 10.0. The van der Waals surface area contributed by atoms with Gasteiger partial charge in [-0.05, 0) is 5.56 Å². The molecule has 0 saturated heterocycles. The van der Waals surface area contributed by atoms with E-state index in [2.05, 4.69) is 0 Å². The largest absolute Gasteiger partial charge is 0.477 e. The van der Waals surface area contributed by atoms with Crippen LogP contribution in [0.4, 0.5) is 5.69 Å². The maximum Gasteiger partial charge on any atom is 0.353 e. The van der Waals surface area contributed by atoms with Crippen LogP contribution in [0.2, 0.25) is 0 Å². The third-order valence-corrected chi connectivity index (χ3v) is 3.65. The van der Waals surface area contributed by atoms with E-state index >= 15 is 0 Å². The molecule has 2 aromatic carbocycles. The minimum Gasteiger partial charge on any atom is -0.477 e. The number of nitrogens with zero attached hydrogens (tertiary/aromatic N) is 2. The summed E-state index contributed by atoms with van der Waals surface area (Å²) < 4.78 is 1.37. The SMILES string of the molecule is Cn1c(C(=O)O)c(-c2ccccc2)c2cccc([N+](=O)[O-])c21. The van der Waals surface area contributed by atoms with Crippen LogP contribution in [0.3, 0.4) is 0 Å². The Morgan fingerprint density at radius 2 is 1.82 bits per heavy atom. The van der Waals surface area contributed by atoms with Crippen molar-refractivity contribution in [2.45, 2.75) is 0 Å². The predicted octanol–water partition coefficient (Wildman–Crippen LogP) is 3.45. The third-order valence-electron chi connectivity index (χ3n) is 3.65. The number of rotatable bonds is 3. The van der Waals surface area contributed by atoms with Gasteiger partial charge in [0.25, 0.3) is 5.69 Å². The van der Waals surface area contributed by atoms with Crippen molar-refractivity contribution in [3.05, 3.63) is 64.3 Å². The maximum absolute atomic E-state index is 11.7. The van der Waals surface area contributed by atoms with E-state index in [9.17, 15) is 20.0 Å². The van der Waals surface area contributed by atoms with Gasteiger partial charge in [0.2, 0.25) is 0 Å². The number of benzene rings is 2. The van der Waals surface area contributed by atoms with E-state index in [1.165, 1.54) is 17.7 Å². The lowest BCUT2D eigenvalue weighted by molar-refractivity contribution is -0.383. The highest BCUT2D eigenvalue weighted by Crippen LogP contribution is 2.38. The third kappa shape index (κ3) is 1.93. The number of aryl methyl sites for hydroxylation is 1. The van der Waals surface area contributed by atoms with Crippen LogP contribution >= 0.6 is 0 Å². The molecule has 0 atom stereocenters.